The standard InChI is InChI=1S/C9H18O2S/c1-6-12(10,11)8(2)7-9(3,4)5/h7H,6H2,1-5H3/b8-7-. The number of hydrogen-bond donors (Lipinski definition) is 0. The average molecular weight is 190 g/mol. The normalized spacial score (nSPS) is 14.9. The molecule has 0 unspecified atom stereocenters. The molecule has 0 fully saturated rings. The van der Waals surface area contributed by atoms with Gasteiger partial charge < -0.3 is 0 Å². The third-order valence-corrected chi connectivity index (χ3v) is 3.37. The van der Waals surface area contributed by atoms with E-state index in [1.54, 1.807) is 19.9 Å². The van der Waals surface area contributed by atoms with E-state index in [9.17, 15) is 8.42 Å². The van der Waals surface area contributed by atoms with Gasteiger partial charge in [-0.2, -0.15) is 0 Å². The van der Waals surface area contributed by atoms with Crippen molar-refractivity contribution in [3.63, 3.8) is 0 Å². The molecule has 0 aliphatic carbocycles. The predicted octanol–water partition coefficient (Wildman–Crippen LogP) is 2.37. The minimum Gasteiger partial charge on any atom is -0.224 e. The van der Waals surface area contributed by atoms with Crippen molar-refractivity contribution in [1.82, 2.24) is 0 Å². The molecule has 0 aromatic carbocycles. The molecule has 0 amide bonds. The highest BCUT2D eigenvalue weighted by Crippen LogP contribution is 2.20. The van der Waals surface area contributed by atoms with Crippen LogP contribution in [0.2, 0.25) is 0 Å². The maximum atomic E-state index is 11.3. The number of allylic oxidation sites excluding steroid dienone is 2. The summed E-state index contributed by atoms with van der Waals surface area (Å²) in [5.74, 6) is 0.186. The first-order chi connectivity index (χ1) is 5.19. The van der Waals surface area contributed by atoms with Gasteiger partial charge in [0.15, 0.2) is 9.84 Å². The molecule has 0 radical (unpaired) electrons. The summed E-state index contributed by atoms with van der Waals surface area (Å²) in [6.07, 6.45) is 1.80. The van der Waals surface area contributed by atoms with Gasteiger partial charge in [-0.15, -0.1) is 0 Å². The van der Waals surface area contributed by atoms with Gasteiger partial charge in [-0.25, -0.2) is 8.42 Å². The lowest BCUT2D eigenvalue weighted by molar-refractivity contribution is 0.540. The van der Waals surface area contributed by atoms with Crippen molar-refractivity contribution in [3.8, 4) is 0 Å². The molecular weight excluding hydrogens is 172 g/mol. The molecule has 0 spiro atoms. The predicted molar refractivity (Wildman–Crippen MR) is 52.7 cm³/mol. The van der Waals surface area contributed by atoms with Crippen LogP contribution < -0.4 is 0 Å². The molecule has 0 saturated heterocycles. The van der Waals surface area contributed by atoms with E-state index in [1.807, 2.05) is 20.8 Å². The lowest BCUT2D eigenvalue weighted by Crippen LogP contribution is -2.08. The van der Waals surface area contributed by atoms with Gasteiger partial charge in [0.05, 0.1) is 5.75 Å². The van der Waals surface area contributed by atoms with Crippen LogP contribution in [0.25, 0.3) is 0 Å². The Labute approximate surface area is 75.6 Å². The number of hydrogen-bond acceptors (Lipinski definition) is 2. The van der Waals surface area contributed by atoms with E-state index in [-0.39, 0.29) is 11.2 Å². The third-order valence-electron chi connectivity index (χ3n) is 1.51. The summed E-state index contributed by atoms with van der Waals surface area (Å²) in [7, 11) is -2.97. The Hall–Kier alpha value is -0.310. The summed E-state index contributed by atoms with van der Waals surface area (Å²) in [6, 6.07) is 0. The van der Waals surface area contributed by atoms with Crippen molar-refractivity contribution in [3.05, 3.63) is 11.0 Å². The average Bonchev–Trinajstić information content (AvgIpc) is 1.84. The Balaban J connectivity index is 4.85. The van der Waals surface area contributed by atoms with Gasteiger partial charge >= 0.3 is 0 Å². The van der Waals surface area contributed by atoms with Crippen LogP contribution in [-0.2, 0) is 9.84 Å². The minimum atomic E-state index is -2.97. The lowest BCUT2D eigenvalue weighted by atomic mass is 9.96. The van der Waals surface area contributed by atoms with E-state index < -0.39 is 9.84 Å². The second-order valence-electron chi connectivity index (χ2n) is 4.02. The van der Waals surface area contributed by atoms with Crippen molar-refractivity contribution in [2.24, 2.45) is 5.41 Å². The molecule has 0 N–H and O–H groups in total. The molecule has 12 heavy (non-hydrogen) atoms. The molecule has 3 heteroatoms. The second kappa shape index (κ2) is 3.60. The van der Waals surface area contributed by atoms with Crippen molar-refractivity contribution in [2.45, 2.75) is 34.6 Å². The van der Waals surface area contributed by atoms with E-state index in [4.69, 9.17) is 0 Å². The van der Waals surface area contributed by atoms with Gasteiger partial charge in [0.2, 0.25) is 0 Å². The van der Waals surface area contributed by atoms with Crippen LogP contribution in [0, 0.1) is 5.41 Å². The number of rotatable bonds is 2. The SMILES string of the molecule is CCS(=O)(=O)/C(C)=C\C(C)(C)C. The first-order valence-corrected chi connectivity index (χ1v) is 5.76. The van der Waals surface area contributed by atoms with Crippen LogP contribution in [0.4, 0.5) is 0 Å². The molecule has 0 aromatic rings. The quantitative estimate of drug-likeness (QED) is 0.670. The van der Waals surface area contributed by atoms with Crippen molar-refractivity contribution >= 4 is 9.84 Å². The van der Waals surface area contributed by atoms with Crippen LogP contribution in [0.3, 0.4) is 0 Å². The third kappa shape index (κ3) is 3.90. The zero-order valence-corrected chi connectivity index (χ0v) is 9.33. The van der Waals surface area contributed by atoms with Crippen LogP contribution in [0.1, 0.15) is 34.6 Å². The first kappa shape index (κ1) is 11.7. The topological polar surface area (TPSA) is 34.1 Å². The summed E-state index contributed by atoms with van der Waals surface area (Å²) < 4.78 is 22.6. The summed E-state index contributed by atoms with van der Waals surface area (Å²) in [5, 5.41) is 0. The lowest BCUT2D eigenvalue weighted by Gasteiger charge is -2.13. The van der Waals surface area contributed by atoms with Crippen LogP contribution >= 0.6 is 0 Å². The Morgan fingerprint density at radius 2 is 1.75 bits per heavy atom. The van der Waals surface area contributed by atoms with E-state index in [1.165, 1.54) is 0 Å². The molecule has 0 aromatic heterocycles. The highest BCUT2D eigenvalue weighted by molar-refractivity contribution is 7.95. The minimum absolute atomic E-state index is 0.0632. The maximum Gasteiger partial charge on any atom is 0.173 e. The Bertz CT molecular complexity index is 265. The molecule has 2 nitrogen and oxygen atoms in total. The maximum absolute atomic E-state index is 11.3. The second-order valence-corrected chi connectivity index (χ2v) is 6.48. The summed E-state index contributed by atoms with van der Waals surface area (Å²) in [5.41, 5.74) is -0.0632. The zero-order valence-electron chi connectivity index (χ0n) is 8.51. The fourth-order valence-corrected chi connectivity index (χ4v) is 1.92. The van der Waals surface area contributed by atoms with Gasteiger partial charge in [0, 0.05) is 4.91 Å². The monoisotopic (exact) mass is 190 g/mol. The van der Waals surface area contributed by atoms with Crippen molar-refractivity contribution in [1.29, 1.82) is 0 Å². The fourth-order valence-electron chi connectivity index (χ4n) is 0.927. The fraction of sp³-hybridized carbons (Fsp3) is 0.778. The van der Waals surface area contributed by atoms with Gasteiger partial charge in [-0.1, -0.05) is 33.8 Å². The van der Waals surface area contributed by atoms with Gasteiger partial charge in [0.25, 0.3) is 0 Å². The van der Waals surface area contributed by atoms with E-state index in [0.717, 1.165) is 0 Å². The number of sulfone groups is 1. The molecule has 0 rings (SSSR count). The van der Waals surface area contributed by atoms with Crippen LogP contribution in [0.5, 0.6) is 0 Å². The van der Waals surface area contributed by atoms with Gasteiger partial charge in [-0.05, 0) is 12.3 Å². The summed E-state index contributed by atoms with van der Waals surface area (Å²) in [6.45, 7) is 9.28. The molecule has 0 bridgehead atoms. The molecule has 0 aliphatic rings. The van der Waals surface area contributed by atoms with Crippen molar-refractivity contribution in [2.75, 3.05) is 5.75 Å². The molecular formula is C9H18O2S. The summed E-state index contributed by atoms with van der Waals surface area (Å²) in [4.78, 5) is 0.484. The Morgan fingerprint density at radius 3 is 2.00 bits per heavy atom. The molecule has 72 valence electrons. The highest BCUT2D eigenvalue weighted by atomic mass is 32.2. The van der Waals surface area contributed by atoms with E-state index in [2.05, 4.69) is 0 Å². The smallest absolute Gasteiger partial charge is 0.173 e. The van der Waals surface area contributed by atoms with E-state index in [0.29, 0.717) is 4.91 Å². The van der Waals surface area contributed by atoms with Gasteiger partial charge in [-0.3, -0.25) is 0 Å². The van der Waals surface area contributed by atoms with Gasteiger partial charge in [0.1, 0.15) is 0 Å². The first-order valence-electron chi connectivity index (χ1n) is 4.11. The molecule has 0 atom stereocenters. The van der Waals surface area contributed by atoms with E-state index >= 15 is 0 Å². The molecule has 0 saturated carbocycles. The largest absolute Gasteiger partial charge is 0.224 e. The van der Waals surface area contributed by atoms with Crippen molar-refractivity contribution < 1.29 is 8.42 Å². The van der Waals surface area contributed by atoms with Crippen LogP contribution in [-0.4, -0.2) is 14.2 Å². The van der Waals surface area contributed by atoms with Crippen LogP contribution in [0.15, 0.2) is 11.0 Å². The highest BCUT2D eigenvalue weighted by Gasteiger charge is 2.14. The zero-order chi connectivity index (χ0) is 9.99. The Morgan fingerprint density at radius 1 is 1.33 bits per heavy atom. The summed E-state index contributed by atoms with van der Waals surface area (Å²) >= 11 is 0. The molecule has 0 heterocycles. The Kier molecular flexibility index (Phi) is 3.51. The molecule has 0 aliphatic heterocycles.